The van der Waals surface area contributed by atoms with E-state index in [9.17, 15) is 19.1 Å². The monoisotopic (exact) mass is 441 g/mol. The Morgan fingerprint density at radius 3 is 2.77 bits per heavy atom. The second-order valence-electron chi connectivity index (χ2n) is 7.34. The molecule has 0 atom stereocenters. The minimum atomic E-state index is -0.380. The van der Waals surface area contributed by atoms with Gasteiger partial charge in [-0.25, -0.2) is 14.2 Å². The molecule has 0 unspecified atom stereocenters. The number of nitrogens with one attached hydrogen (secondary N) is 1. The Labute approximate surface area is 182 Å². The molecule has 3 aromatic rings. The van der Waals surface area contributed by atoms with Crippen molar-refractivity contribution in [2.24, 2.45) is 0 Å². The molecule has 1 aromatic heterocycles. The molecule has 160 valence electrons. The predicted octanol–water partition coefficient (Wildman–Crippen LogP) is 3.12. The summed E-state index contributed by atoms with van der Waals surface area (Å²) in [6, 6.07) is 8.03. The average Bonchev–Trinajstić information content (AvgIpc) is 3.05. The van der Waals surface area contributed by atoms with Gasteiger partial charge in [0.15, 0.2) is 5.75 Å². The first-order valence-corrected chi connectivity index (χ1v) is 10.7. The lowest BCUT2D eigenvalue weighted by Gasteiger charge is -2.14. The molecule has 1 aliphatic rings. The molecular weight excluding hydrogens is 421 g/mol. The summed E-state index contributed by atoms with van der Waals surface area (Å²) in [5.41, 5.74) is 5.75. The molecule has 7 nitrogen and oxygen atoms in total. The predicted molar refractivity (Wildman–Crippen MR) is 115 cm³/mol. The largest absolute Gasteiger partial charge is 0.505 e. The molecule has 0 aliphatic carbocycles. The van der Waals surface area contributed by atoms with E-state index in [4.69, 9.17) is 4.28 Å². The van der Waals surface area contributed by atoms with E-state index < -0.39 is 0 Å². The van der Waals surface area contributed by atoms with Gasteiger partial charge in [-0.1, -0.05) is 12.1 Å². The summed E-state index contributed by atoms with van der Waals surface area (Å²) >= 11 is 1.00. The van der Waals surface area contributed by atoms with Crippen molar-refractivity contribution in [2.45, 2.75) is 19.4 Å². The van der Waals surface area contributed by atoms with E-state index in [2.05, 4.69) is 10.5 Å². The van der Waals surface area contributed by atoms with Gasteiger partial charge in [0.25, 0.3) is 5.91 Å². The Morgan fingerprint density at radius 2 is 2.06 bits per heavy atom. The van der Waals surface area contributed by atoms with Crippen LogP contribution in [0.2, 0.25) is 0 Å². The third-order valence-electron chi connectivity index (χ3n) is 5.25. The van der Waals surface area contributed by atoms with Crippen LogP contribution in [0.3, 0.4) is 0 Å². The number of hydroxylamine groups is 1. The average molecular weight is 441 g/mol. The third-order valence-corrected chi connectivity index (χ3v) is 5.50. The number of rotatable bonds is 6. The van der Waals surface area contributed by atoms with Crippen molar-refractivity contribution in [3.63, 3.8) is 0 Å². The Bertz CT molecular complexity index is 1180. The number of hydrogen-bond donors (Lipinski definition) is 2. The van der Waals surface area contributed by atoms with Crippen LogP contribution in [0.4, 0.5) is 4.39 Å². The maximum atomic E-state index is 13.2. The number of phenolic OH excluding ortho intramolecular Hbond substituents is 1. The smallest absolute Gasteiger partial charge is 0.258 e. The minimum Gasteiger partial charge on any atom is -0.505 e. The fourth-order valence-corrected chi connectivity index (χ4v) is 4.00. The van der Waals surface area contributed by atoms with E-state index in [0.29, 0.717) is 22.9 Å². The number of aromatic hydroxyl groups is 1. The summed E-state index contributed by atoms with van der Waals surface area (Å²) in [6.45, 7) is 0.284. The SMILES string of the molecule is CSONC(=O)Cc1c2c(c(O)c3ncc(Cc4ccc(F)cc4)cc13)C(=O)N(C)C2. The molecule has 2 heterocycles. The normalized spacial score (nSPS) is 13.0. The molecular formula is C22H20FN3O4S. The van der Waals surface area contributed by atoms with Gasteiger partial charge in [0.05, 0.1) is 12.0 Å². The van der Waals surface area contributed by atoms with Crippen LogP contribution in [0.1, 0.15) is 32.6 Å². The molecule has 2 aromatic carbocycles. The molecule has 0 saturated heterocycles. The lowest BCUT2D eigenvalue weighted by molar-refractivity contribution is -0.126. The molecule has 31 heavy (non-hydrogen) atoms. The summed E-state index contributed by atoms with van der Waals surface area (Å²) in [6.07, 6.45) is 3.75. The van der Waals surface area contributed by atoms with Gasteiger partial charge in [-0.05, 0) is 46.9 Å². The molecule has 1 aliphatic heterocycles. The lowest BCUT2D eigenvalue weighted by Crippen LogP contribution is -2.23. The highest BCUT2D eigenvalue weighted by atomic mass is 32.2. The molecule has 0 fully saturated rings. The van der Waals surface area contributed by atoms with E-state index in [1.54, 1.807) is 31.6 Å². The van der Waals surface area contributed by atoms with Crippen LogP contribution in [0.25, 0.3) is 10.9 Å². The van der Waals surface area contributed by atoms with Crippen molar-refractivity contribution in [3.8, 4) is 5.75 Å². The Kier molecular flexibility index (Phi) is 5.79. The zero-order valence-corrected chi connectivity index (χ0v) is 17.8. The van der Waals surface area contributed by atoms with E-state index in [0.717, 1.165) is 23.2 Å². The second kappa shape index (κ2) is 8.52. The number of amides is 2. The van der Waals surface area contributed by atoms with E-state index in [1.165, 1.54) is 17.0 Å². The number of pyridine rings is 1. The molecule has 2 N–H and O–H groups in total. The third kappa shape index (κ3) is 4.06. The molecule has 0 bridgehead atoms. The van der Waals surface area contributed by atoms with Gasteiger partial charge in [-0.2, -0.15) is 0 Å². The first-order chi connectivity index (χ1) is 14.9. The zero-order valence-electron chi connectivity index (χ0n) is 16.9. The number of carbonyl (C=O) groups is 2. The highest BCUT2D eigenvalue weighted by Gasteiger charge is 2.33. The van der Waals surface area contributed by atoms with Crippen molar-refractivity contribution in [1.29, 1.82) is 0 Å². The van der Waals surface area contributed by atoms with Crippen molar-refractivity contribution in [3.05, 3.63) is 70.2 Å². The van der Waals surface area contributed by atoms with Gasteiger partial charge in [-0.15, -0.1) is 0 Å². The van der Waals surface area contributed by atoms with E-state index >= 15 is 0 Å². The maximum Gasteiger partial charge on any atom is 0.258 e. The van der Waals surface area contributed by atoms with Gasteiger partial charge >= 0.3 is 0 Å². The summed E-state index contributed by atoms with van der Waals surface area (Å²) in [5, 5.41) is 11.4. The van der Waals surface area contributed by atoms with E-state index in [-0.39, 0.29) is 47.4 Å². The fourth-order valence-electron chi connectivity index (χ4n) is 3.83. The first-order valence-electron chi connectivity index (χ1n) is 9.52. The number of phenols is 1. The summed E-state index contributed by atoms with van der Waals surface area (Å²) in [5.74, 6) is -1.18. The molecule has 4 rings (SSSR count). The van der Waals surface area contributed by atoms with Crippen LogP contribution < -0.4 is 5.48 Å². The van der Waals surface area contributed by atoms with Crippen LogP contribution >= 0.6 is 12.0 Å². The molecule has 0 spiro atoms. The summed E-state index contributed by atoms with van der Waals surface area (Å²) < 4.78 is 18.1. The number of hydrogen-bond acceptors (Lipinski definition) is 6. The Hall–Kier alpha value is -3.17. The van der Waals surface area contributed by atoms with Crippen molar-refractivity contribution >= 4 is 34.8 Å². The number of halogens is 1. The van der Waals surface area contributed by atoms with Gasteiger partial charge in [0.2, 0.25) is 5.91 Å². The highest BCUT2D eigenvalue weighted by molar-refractivity contribution is 7.93. The number of benzene rings is 2. The van der Waals surface area contributed by atoms with Crippen molar-refractivity contribution < 1.29 is 23.4 Å². The quantitative estimate of drug-likeness (QED) is 0.451. The Morgan fingerprint density at radius 1 is 1.32 bits per heavy atom. The van der Waals surface area contributed by atoms with Crippen LogP contribution in [-0.4, -0.2) is 40.1 Å². The number of carbonyl (C=O) groups excluding carboxylic acids is 2. The summed E-state index contributed by atoms with van der Waals surface area (Å²) in [4.78, 5) is 30.9. The van der Waals surface area contributed by atoms with Crippen molar-refractivity contribution in [1.82, 2.24) is 15.4 Å². The summed E-state index contributed by atoms with van der Waals surface area (Å²) in [7, 11) is 1.64. The van der Waals surface area contributed by atoms with Gasteiger partial charge in [0.1, 0.15) is 11.3 Å². The number of nitrogens with zero attached hydrogens (tertiary/aromatic N) is 2. The van der Waals surface area contributed by atoms with Gasteiger partial charge in [0, 0.05) is 43.5 Å². The van der Waals surface area contributed by atoms with Crippen LogP contribution in [0.15, 0.2) is 36.5 Å². The van der Waals surface area contributed by atoms with Crippen LogP contribution in [0.5, 0.6) is 5.75 Å². The highest BCUT2D eigenvalue weighted by Crippen LogP contribution is 2.39. The zero-order chi connectivity index (χ0) is 22.1. The molecule has 2 amide bonds. The maximum absolute atomic E-state index is 13.2. The standard InChI is InChI=1S/C22H20FN3O4S/c1-26-11-17-15(9-18(27)25-30-31-2)16-8-13(7-12-3-5-14(23)6-4-12)10-24-20(16)21(28)19(17)22(26)29/h3-6,8,10,28H,7,9,11H2,1-2H3,(H,25,27). The fraction of sp³-hybridized carbons (Fsp3) is 0.227. The second-order valence-corrected chi connectivity index (χ2v) is 7.84. The first kappa shape index (κ1) is 21.1. The number of fused-ring (bicyclic) bond motifs is 2. The van der Waals surface area contributed by atoms with Gasteiger partial charge < -0.3 is 10.0 Å². The molecule has 9 heteroatoms. The lowest BCUT2D eigenvalue weighted by atomic mass is 9.93. The van der Waals surface area contributed by atoms with E-state index in [1.807, 2.05) is 6.07 Å². The van der Waals surface area contributed by atoms with Gasteiger partial charge in [-0.3, -0.25) is 14.6 Å². The molecule has 0 radical (unpaired) electrons. The van der Waals surface area contributed by atoms with Crippen LogP contribution in [0, 0.1) is 5.82 Å². The van der Waals surface area contributed by atoms with Crippen molar-refractivity contribution in [2.75, 3.05) is 13.3 Å². The number of aromatic nitrogens is 1. The minimum absolute atomic E-state index is 0.0392. The topological polar surface area (TPSA) is 91.8 Å². The Balaban J connectivity index is 1.82. The molecule has 0 saturated carbocycles. The van der Waals surface area contributed by atoms with Crippen LogP contribution in [-0.2, 0) is 28.5 Å².